The van der Waals surface area contributed by atoms with Crippen LogP contribution < -0.4 is 19.6 Å². The Hall–Kier alpha value is -3.43. The van der Waals surface area contributed by atoms with Crippen LogP contribution in [0, 0.1) is 5.92 Å². The van der Waals surface area contributed by atoms with Gasteiger partial charge in [-0.2, -0.15) is 0 Å². The minimum absolute atomic E-state index is 0.0443. The molecule has 0 saturated heterocycles. The molecule has 0 bridgehead atoms. The fraction of sp³-hybridized carbons (Fsp3) is 0.444. The first-order valence-corrected chi connectivity index (χ1v) is 11.8. The highest BCUT2D eigenvalue weighted by atomic mass is 16.5. The zero-order valence-corrected chi connectivity index (χ0v) is 21.0. The van der Waals surface area contributed by atoms with E-state index in [2.05, 4.69) is 0 Å². The van der Waals surface area contributed by atoms with Gasteiger partial charge in [0, 0.05) is 24.7 Å². The number of phenolic OH excluding ortho intramolecular Hbond substituents is 2. The van der Waals surface area contributed by atoms with Gasteiger partial charge in [0.05, 0.1) is 20.3 Å². The molecule has 0 aliphatic carbocycles. The van der Waals surface area contributed by atoms with Crippen LogP contribution in [0.1, 0.15) is 38.3 Å². The number of hydrogen-bond acceptors (Lipinski definition) is 9. The van der Waals surface area contributed by atoms with Crippen molar-refractivity contribution in [2.45, 2.75) is 51.7 Å². The Morgan fingerprint density at radius 3 is 2.47 bits per heavy atom. The number of benzene rings is 2. The van der Waals surface area contributed by atoms with Gasteiger partial charge in [0.2, 0.25) is 16.9 Å². The third-order valence-corrected chi connectivity index (χ3v) is 6.76. The van der Waals surface area contributed by atoms with Gasteiger partial charge in [-0.25, -0.2) is 0 Å². The molecule has 194 valence electrons. The average Bonchev–Trinajstić information content (AvgIpc) is 2.82. The summed E-state index contributed by atoms with van der Waals surface area (Å²) in [5.74, 6) is -0.455. The Kier molecular flexibility index (Phi) is 6.81. The van der Waals surface area contributed by atoms with Gasteiger partial charge >= 0.3 is 0 Å². The predicted molar refractivity (Wildman–Crippen MR) is 133 cm³/mol. The van der Waals surface area contributed by atoms with Crippen molar-refractivity contribution in [2.24, 2.45) is 5.92 Å². The van der Waals surface area contributed by atoms with E-state index in [1.807, 2.05) is 26.8 Å². The number of rotatable bonds is 7. The second-order valence-corrected chi connectivity index (χ2v) is 9.82. The molecule has 9 nitrogen and oxygen atoms in total. The Labute approximate surface area is 208 Å². The van der Waals surface area contributed by atoms with Crippen molar-refractivity contribution in [3.63, 3.8) is 0 Å². The maximum absolute atomic E-state index is 13.3. The molecule has 0 radical (unpaired) electrons. The predicted octanol–water partition coefficient (Wildman–Crippen LogP) is 3.52. The maximum atomic E-state index is 13.3. The highest BCUT2D eigenvalue weighted by Crippen LogP contribution is 2.45. The molecule has 2 heterocycles. The molecule has 9 heteroatoms. The fourth-order valence-electron chi connectivity index (χ4n) is 4.50. The Morgan fingerprint density at radius 1 is 1.14 bits per heavy atom. The summed E-state index contributed by atoms with van der Waals surface area (Å²) >= 11 is 0. The SMILES string of the molecule is COc1c(O)cc2oc(-c3cc(CCC(C)CO)c4c(c3)CC(O)C(C)(C)O4)c(OC)c(=O)c2c1O. The van der Waals surface area contributed by atoms with Gasteiger partial charge in [0.25, 0.3) is 0 Å². The van der Waals surface area contributed by atoms with E-state index in [4.69, 9.17) is 18.6 Å². The van der Waals surface area contributed by atoms with Crippen molar-refractivity contribution in [2.75, 3.05) is 20.8 Å². The topological polar surface area (TPSA) is 139 Å². The first-order chi connectivity index (χ1) is 17.0. The molecule has 0 amide bonds. The third kappa shape index (κ3) is 4.33. The Balaban J connectivity index is 1.96. The molecular weight excluding hydrogens is 468 g/mol. The lowest BCUT2D eigenvalue weighted by molar-refractivity contribution is -0.0417. The molecular formula is C27H32O9. The van der Waals surface area contributed by atoms with Gasteiger partial charge in [0.1, 0.15) is 22.3 Å². The summed E-state index contributed by atoms with van der Waals surface area (Å²) in [6.45, 7) is 5.65. The lowest BCUT2D eigenvalue weighted by atomic mass is 9.87. The molecule has 1 aliphatic heterocycles. The second kappa shape index (κ2) is 9.55. The summed E-state index contributed by atoms with van der Waals surface area (Å²) < 4.78 is 22.7. The highest BCUT2D eigenvalue weighted by Gasteiger charge is 2.37. The van der Waals surface area contributed by atoms with Gasteiger partial charge in [-0.3, -0.25) is 4.79 Å². The van der Waals surface area contributed by atoms with Crippen LogP contribution in [0.2, 0.25) is 0 Å². The molecule has 1 aliphatic rings. The third-order valence-electron chi connectivity index (χ3n) is 6.76. The molecule has 0 spiro atoms. The number of fused-ring (bicyclic) bond motifs is 2. The number of hydrogen-bond donors (Lipinski definition) is 4. The van der Waals surface area contributed by atoms with Crippen molar-refractivity contribution in [3.05, 3.63) is 39.5 Å². The summed E-state index contributed by atoms with van der Waals surface area (Å²) in [6, 6.07) is 4.82. The molecule has 4 N–H and O–H groups in total. The van der Waals surface area contributed by atoms with Crippen LogP contribution in [-0.2, 0) is 12.8 Å². The number of phenols is 2. The fourth-order valence-corrected chi connectivity index (χ4v) is 4.50. The van der Waals surface area contributed by atoms with Crippen LogP contribution in [0.15, 0.2) is 27.4 Å². The van der Waals surface area contributed by atoms with Gasteiger partial charge in [-0.05, 0) is 55.9 Å². The van der Waals surface area contributed by atoms with Gasteiger partial charge < -0.3 is 39.1 Å². The van der Waals surface area contributed by atoms with Crippen LogP contribution in [0.5, 0.6) is 28.7 Å². The number of aromatic hydroxyl groups is 2. The number of ether oxygens (including phenoxy) is 3. The van der Waals surface area contributed by atoms with E-state index in [0.717, 1.165) is 11.1 Å². The number of methoxy groups -OCH3 is 2. The van der Waals surface area contributed by atoms with Crippen molar-refractivity contribution in [1.82, 2.24) is 0 Å². The normalized spacial score (nSPS) is 17.4. The molecule has 4 rings (SSSR count). The molecule has 0 saturated carbocycles. The quantitative estimate of drug-likeness (QED) is 0.384. The Morgan fingerprint density at radius 2 is 1.83 bits per heavy atom. The van der Waals surface area contributed by atoms with Gasteiger partial charge in [-0.15, -0.1) is 0 Å². The smallest absolute Gasteiger partial charge is 0.239 e. The van der Waals surface area contributed by atoms with E-state index in [0.29, 0.717) is 30.6 Å². The molecule has 2 unspecified atom stereocenters. The zero-order chi connectivity index (χ0) is 26.4. The van der Waals surface area contributed by atoms with Crippen LogP contribution in [-0.4, -0.2) is 53.0 Å². The van der Waals surface area contributed by atoms with E-state index in [1.165, 1.54) is 20.3 Å². The summed E-state index contributed by atoms with van der Waals surface area (Å²) in [6.07, 6.45) is 0.857. The van der Waals surface area contributed by atoms with Gasteiger partial charge in [0.15, 0.2) is 17.3 Å². The van der Waals surface area contributed by atoms with Crippen molar-refractivity contribution in [1.29, 1.82) is 0 Å². The molecule has 0 fully saturated rings. The monoisotopic (exact) mass is 500 g/mol. The lowest BCUT2D eigenvalue weighted by Gasteiger charge is -2.38. The molecule has 3 aromatic rings. The zero-order valence-electron chi connectivity index (χ0n) is 21.0. The summed E-state index contributed by atoms with van der Waals surface area (Å²) in [5.41, 5.74) is 0.644. The van der Waals surface area contributed by atoms with E-state index >= 15 is 0 Å². The maximum Gasteiger partial charge on any atom is 0.239 e. The van der Waals surface area contributed by atoms with Crippen LogP contribution >= 0.6 is 0 Å². The van der Waals surface area contributed by atoms with E-state index in [1.54, 1.807) is 6.07 Å². The molecule has 2 atom stereocenters. The van der Waals surface area contributed by atoms with Crippen molar-refractivity contribution < 1.29 is 39.1 Å². The first-order valence-electron chi connectivity index (χ1n) is 11.8. The molecule has 1 aromatic heterocycles. The van der Waals surface area contributed by atoms with E-state index < -0.39 is 22.9 Å². The lowest BCUT2D eigenvalue weighted by Crippen LogP contribution is -2.46. The molecule has 36 heavy (non-hydrogen) atoms. The number of aliphatic hydroxyl groups excluding tert-OH is 2. The largest absolute Gasteiger partial charge is 0.504 e. The molecule has 2 aromatic carbocycles. The average molecular weight is 501 g/mol. The summed E-state index contributed by atoms with van der Waals surface area (Å²) in [4.78, 5) is 13.3. The van der Waals surface area contributed by atoms with E-state index in [-0.39, 0.29) is 46.5 Å². The van der Waals surface area contributed by atoms with Crippen LogP contribution in [0.25, 0.3) is 22.3 Å². The van der Waals surface area contributed by atoms with Crippen molar-refractivity contribution in [3.8, 4) is 40.1 Å². The summed E-state index contributed by atoms with van der Waals surface area (Å²) in [7, 11) is 2.59. The number of aliphatic hydroxyl groups is 2. The minimum Gasteiger partial charge on any atom is -0.504 e. The standard InChI is InChI=1S/C27H32O9/c1-13(12-28)6-7-14-8-15(9-16-10-19(30)27(2,3)36-23(14)16)24-26(34-5)22(32)20-18(35-24)11-17(29)25(33-4)21(20)31/h8-9,11,13,19,28-31H,6-7,10,12H2,1-5H3. The first kappa shape index (κ1) is 25.7. The number of aryl methyl sites for hydroxylation is 1. The van der Waals surface area contributed by atoms with Crippen LogP contribution in [0.3, 0.4) is 0 Å². The van der Waals surface area contributed by atoms with E-state index in [9.17, 15) is 25.2 Å². The van der Waals surface area contributed by atoms with Gasteiger partial charge in [-0.1, -0.05) is 6.92 Å². The highest BCUT2D eigenvalue weighted by molar-refractivity contribution is 5.91. The van der Waals surface area contributed by atoms with Crippen LogP contribution in [0.4, 0.5) is 0 Å². The van der Waals surface area contributed by atoms with Crippen molar-refractivity contribution >= 4 is 11.0 Å². The Bertz CT molecular complexity index is 1360. The second-order valence-electron chi connectivity index (χ2n) is 9.82. The minimum atomic E-state index is -0.785. The summed E-state index contributed by atoms with van der Waals surface area (Å²) in [5, 5.41) is 40.8.